The van der Waals surface area contributed by atoms with Crippen LogP contribution in [0.1, 0.15) is 12.1 Å². The minimum atomic E-state index is -0.799. The van der Waals surface area contributed by atoms with Gasteiger partial charge in [-0.1, -0.05) is 0 Å². The minimum Gasteiger partial charge on any atom is -0.480 e. The number of hydrogen-bond donors (Lipinski definition) is 1. The molecule has 2 heterocycles. The molecule has 19 heavy (non-hydrogen) atoms. The van der Waals surface area contributed by atoms with Gasteiger partial charge in [0.15, 0.2) is 5.69 Å². The van der Waals surface area contributed by atoms with Crippen LogP contribution in [0, 0.1) is 11.3 Å². The highest BCUT2D eigenvalue weighted by Gasteiger charge is 2.17. The molecule has 0 bridgehead atoms. The smallest absolute Gasteiger partial charge is 0.317 e. The van der Waals surface area contributed by atoms with Crippen molar-refractivity contribution in [3.8, 4) is 6.07 Å². The van der Waals surface area contributed by atoms with Gasteiger partial charge in [0, 0.05) is 26.2 Å². The number of nitriles is 1. The average molecular weight is 261 g/mol. The van der Waals surface area contributed by atoms with E-state index in [9.17, 15) is 4.79 Å². The lowest BCUT2D eigenvalue weighted by molar-refractivity contribution is -0.138. The van der Waals surface area contributed by atoms with E-state index < -0.39 is 5.97 Å². The first-order chi connectivity index (χ1) is 9.19. The van der Waals surface area contributed by atoms with Crippen LogP contribution in [0.25, 0.3) is 0 Å². The summed E-state index contributed by atoms with van der Waals surface area (Å²) in [6.45, 7) is 3.07. The van der Waals surface area contributed by atoms with Gasteiger partial charge in [-0.05, 0) is 6.42 Å². The normalized spacial score (nSPS) is 16.7. The van der Waals surface area contributed by atoms with Crippen LogP contribution in [-0.2, 0) is 4.79 Å². The Morgan fingerprint density at radius 1 is 1.32 bits per heavy atom. The van der Waals surface area contributed by atoms with Crippen LogP contribution in [-0.4, -0.2) is 58.7 Å². The number of rotatable bonds is 3. The van der Waals surface area contributed by atoms with E-state index >= 15 is 0 Å². The molecule has 7 heteroatoms. The number of anilines is 1. The SMILES string of the molecule is N#Cc1cnc(N2CCCN(CC(=O)O)CC2)cn1. The Morgan fingerprint density at radius 2 is 2.16 bits per heavy atom. The first-order valence-electron chi connectivity index (χ1n) is 6.10. The highest BCUT2D eigenvalue weighted by Crippen LogP contribution is 2.12. The third-order valence-corrected chi connectivity index (χ3v) is 3.02. The largest absolute Gasteiger partial charge is 0.480 e. The molecule has 1 aliphatic heterocycles. The quantitative estimate of drug-likeness (QED) is 0.814. The van der Waals surface area contributed by atoms with Gasteiger partial charge in [-0.2, -0.15) is 5.26 Å². The minimum absolute atomic E-state index is 0.0763. The van der Waals surface area contributed by atoms with Crippen molar-refractivity contribution in [3.05, 3.63) is 18.1 Å². The highest BCUT2D eigenvalue weighted by molar-refractivity contribution is 5.69. The Morgan fingerprint density at radius 3 is 2.79 bits per heavy atom. The van der Waals surface area contributed by atoms with Crippen molar-refractivity contribution in [2.24, 2.45) is 0 Å². The van der Waals surface area contributed by atoms with Gasteiger partial charge in [0.05, 0.1) is 18.9 Å². The molecule has 1 fully saturated rings. The topological polar surface area (TPSA) is 93.4 Å². The summed E-state index contributed by atoms with van der Waals surface area (Å²) in [5, 5.41) is 17.5. The molecule has 0 radical (unpaired) electrons. The van der Waals surface area contributed by atoms with E-state index in [-0.39, 0.29) is 6.54 Å². The number of carbonyl (C=O) groups is 1. The van der Waals surface area contributed by atoms with Gasteiger partial charge >= 0.3 is 5.97 Å². The van der Waals surface area contributed by atoms with E-state index in [1.165, 1.54) is 6.20 Å². The molecule has 0 aromatic carbocycles. The Kier molecular flexibility index (Phi) is 4.26. The second-order valence-electron chi connectivity index (χ2n) is 4.38. The summed E-state index contributed by atoms with van der Waals surface area (Å²) in [6.07, 6.45) is 3.93. The van der Waals surface area contributed by atoms with Gasteiger partial charge < -0.3 is 10.0 Å². The summed E-state index contributed by atoms with van der Waals surface area (Å²) < 4.78 is 0. The van der Waals surface area contributed by atoms with Crippen LogP contribution in [0.5, 0.6) is 0 Å². The fourth-order valence-electron chi connectivity index (χ4n) is 2.09. The van der Waals surface area contributed by atoms with Crippen LogP contribution < -0.4 is 4.90 Å². The molecule has 0 amide bonds. The molecule has 1 N–H and O–H groups in total. The standard InChI is InChI=1S/C12H15N5O2/c13-6-10-7-15-11(8-14-10)17-3-1-2-16(4-5-17)9-12(18)19/h7-8H,1-5,9H2,(H,18,19). The number of aliphatic carboxylic acids is 1. The van der Waals surface area contributed by atoms with Gasteiger partial charge in [0.25, 0.3) is 0 Å². The van der Waals surface area contributed by atoms with Gasteiger partial charge in [-0.15, -0.1) is 0 Å². The summed E-state index contributed by atoms with van der Waals surface area (Å²) in [5.41, 5.74) is 0.297. The molecule has 0 unspecified atom stereocenters. The predicted octanol–water partition coefficient (Wildman–Crippen LogP) is -0.0550. The Hall–Kier alpha value is -2.20. The lowest BCUT2D eigenvalue weighted by atomic mass is 10.4. The fourth-order valence-corrected chi connectivity index (χ4v) is 2.09. The van der Waals surface area contributed by atoms with E-state index in [2.05, 4.69) is 14.9 Å². The van der Waals surface area contributed by atoms with Gasteiger partial charge in [0.2, 0.25) is 0 Å². The van der Waals surface area contributed by atoms with Gasteiger partial charge in [-0.3, -0.25) is 9.69 Å². The van der Waals surface area contributed by atoms with Crippen molar-refractivity contribution < 1.29 is 9.90 Å². The molecule has 1 aromatic rings. The summed E-state index contributed by atoms with van der Waals surface area (Å²) >= 11 is 0. The third-order valence-electron chi connectivity index (χ3n) is 3.02. The molecule has 0 aliphatic carbocycles. The van der Waals surface area contributed by atoms with E-state index in [1.54, 1.807) is 6.20 Å². The molecule has 1 aliphatic rings. The van der Waals surface area contributed by atoms with Crippen molar-refractivity contribution in [2.75, 3.05) is 37.6 Å². The molecule has 0 atom stereocenters. The molecule has 7 nitrogen and oxygen atoms in total. The van der Waals surface area contributed by atoms with Crippen molar-refractivity contribution in [3.63, 3.8) is 0 Å². The highest BCUT2D eigenvalue weighted by atomic mass is 16.4. The zero-order valence-corrected chi connectivity index (χ0v) is 10.5. The molecular formula is C12H15N5O2. The van der Waals surface area contributed by atoms with Gasteiger partial charge in [0.1, 0.15) is 11.9 Å². The third kappa shape index (κ3) is 3.63. The van der Waals surface area contributed by atoms with Crippen molar-refractivity contribution in [2.45, 2.75) is 6.42 Å². The van der Waals surface area contributed by atoms with E-state index in [1.807, 2.05) is 11.0 Å². The van der Waals surface area contributed by atoms with Crippen LogP contribution >= 0.6 is 0 Å². The molecule has 2 rings (SSSR count). The maximum Gasteiger partial charge on any atom is 0.317 e. The monoisotopic (exact) mass is 261 g/mol. The van der Waals surface area contributed by atoms with E-state index in [0.29, 0.717) is 18.8 Å². The van der Waals surface area contributed by atoms with E-state index in [4.69, 9.17) is 10.4 Å². The number of carboxylic acid groups (broad SMARTS) is 1. The van der Waals surface area contributed by atoms with Gasteiger partial charge in [-0.25, -0.2) is 9.97 Å². The molecule has 0 saturated carbocycles. The molecule has 100 valence electrons. The molecule has 0 spiro atoms. The maximum atomic E-state index is 10.7. The number of nitrogens with zero attached hydrogens (tertiary/aromatic N) is 5. The van der Waals surface area contributed by atoms with Crippen LogP contribution in [0.15, 0.2) is 12.4 Å². The Balaban J connectivity index is 1.98. The van der Waals surface area contributed by atoms with Crippen LogP contribution in [0.3, 0.4) is 0 Å². The summed E-state index contributed by atoms with van der Waals surface area (Å²) in [5.74, 6) is -0.0669. The predicted molar refractivity (Wildman–Crippen MR) is 67.7 cm³/mol. The summed E-state index contributed by atoms with van der Waals surface area (Å²) in [4.78, 5) is 22.9. The second kappa shape index (κ2) is 6.11. The van der Waals surface area contributed by atoms with Crippen molar-refractivity contribution in [1.82, 2.24) is 14.9 Å². The number of hydrogen-bond acceptors (Lipinski definition) is 6. The van der Waals surface area contributed by atoms with Crippen molar-refractivity contribution >= 4 is 11.8 Å². The lowest BCUT2D eigenvalue weighted by Gasteiger charge is -2.21. The average Bonchev–Trinajstić information content (AvgIpc) is 2.64. The first-order valence-corrected chi connectivity index (χ1v) is 6.10. The number of carboxylic acids is 1. The Labute approximate surface area is 111 Å². The summed E-state index contributed by atoms with van der Waals surface area (Å²) in [6, 6.07) is 1.93. The molecular weight excluding hydrogens is 246 g/mol. The lowest BCUT2D eigenvalue weighted by Crippen LogP contribution is -2.34. The second-order valence-corrected chi connectivity index (χ2v) is 4.38. The van der Waals surface area contributed by atoms with Crippen molar-refractivity contribution in [1.29, 1.82) is 5.26 Å². The Bertz CT molecular complexity index is 482. The zero-order chi connectivity index (χ0) is 13.7. The van der Waals surface area contributed by atoms with Crippen LogP contribution in [0.4, 0.5) is 5.82 Å². The number of aromatic nitrogens is 2. The van der Waals surface area contributed by atoms with E-state index in [0.717, 1.165) is 25.3 Å². The molecule has 1 saturated heterocycles. The first kappa shape index (κ1) is 13.2. The maximum absolute atomic E-state index is 10.7. The van der Waals surface area contributed by atoms with Crippen LogP contribution in [0.2, 0.25) is 0 Å². The zero-order valence-electron chi connectivity index (χ0n) is 10.5. The fraction of sp³-hybridized carbons (Fsp3) is 0.500. The summed E-state index contributed by atoms with van der Waals surface area (Å²) in [7, 11) is 0. The molecule has 1 aromatic heterocycles.